The molecule has 1 aromatic carbocycles. The Morgan fingerprint density at radius 2 is 2.24 bits per heavy atom. The maximum atomic E-state index is 11.6. The van der Waals surface area contributed by atoms with Gasteiger partial charge in [-0.2, -0.15) is 5.26 Å². The van der Waals surface area contributed by atoms with Gasteiger partial charge in [-0.05, 0) is 25.5 Å². The Balaban J connectivity index is 2.54. The van der Waals surface area contributed by atoms with Crippen molar-refractivity contribution in [1.29, 1.82) is 5.26 Å². The molecule has 1 amide bonds. The first-order valence-corrected chi connectivity index (χ1v) is 5.58. The molecule has 0 aliphatic heterocycles. The molecule has 0 aromatic heterocycles. The number of nitriles is 1. The Kier molecular flexibility index (Phi) is 5.18. The maximum Gasteiger partial charge on any atom is 0.250 e. The van der Waals surface area contributed by atoms with Gasteiger partial charge in [-0.15, -0.1) is 0 Å². The molecule has 0 aliphatic rings. The second-order valence-corrected chi connectivity index (χ2v) is 3.74. The lowest BCUT2D eigenvalue weighted by atomic mass is 10.2. The van der Waals surface area contributed by atoms with Crippen molar-refractivity contribution >= 4 is 11.6 Å². The summed E-state index contributed by atoms with van der Waals surface area (Å²) in [6.45, 7) is 3.92. The van der Waals surface area contributed by atoms with Crippen molar-refractivity contribution < 1.29 is 9.53 Å². The highest BCUT2D eigenvalue weighted by Gasteiger charge is 2.07. The summed E-state index contributed by atoms with van der Waals surface area (Å²) in [5.41, 5.74) is 0.970. The van der Waals surface area contributed by atoms with Gasteiger partial charge in [-0.25, -0.2) is 0 Å². The number of amides is 1. The average molecular weight is 232 g/mol. The smallest absolute Gasteiger partial charge is 0.250 e. The summed E-state index contributed by atoms with van der Waals surface area (Å²) >= 11 is 0. The average Bonchev–Trinajstić information content (AvgIpc) is 2.36. The van der Waals surface area contributed by atoms with Crippen LogP contribution in [0, 0.1) is 11.3 Å². The van der Waals surface area contributed by atoms with Gasteiger partial charge in [0.15, 0.2) is 0 Å². The SMILES string of the molecule is CCC(C)OCC(=O)Nc1ccccc1C#N. The highest BCUT2D eigenvalue weighted by atomic mass is 16.5. The van der Waals surface area contributed by atoms with Gasteiger partial charge in [0.05, 0.1) is 17.4 Å². The summed E-state index contributed by atoms with van der Waals surface area (Å²) < 4.78 is 5.30. The summed E-state index contributed by atoms with van der Waals surface area (Å²) in [4.78, 5) is 11.6. The van der Waals surface area contributed by atoms with E-state index in [1.54, 1.807) is 24.3 Å². The van der Waals surface area contributed by atoms with Crippen LogP contribution in [0.15, 0.2) is 24.3 Å². The molecule has 1 N–H and O–H groups in total. The van der Waals surface area contributed by atoms with Crippen LogP contribution < -0.4 is 5.32 Å². The Bertz CT molecular complexity index is 424. The van der Waals surface area contributed by atoms with E-state index in [-0.39, 0.29) is 18.6 Å². The summed E-state index contributed by atoms with van der Waals surface area (Å²) in [6, 6.07) is 8.90. The van der Waals surface area contributed by atoms with E-state index in [4.69, 9.17) is 10.00 Å². The van der Waals surface area contributed by atoms with E-state index in [0.717, 1.165) is 6.42 Å². The normalized spacial score (nSPS) is 11.6. The fourth-order valence-electron chi connectivity index (χ4n) is 1.21. The van der Waals surface area contributed by atoms with E-state index < -0.39 is 0 Å². The van der Waals surface area contributed by atoms with Gasteiger partial charge in [0, 0.05) is 0 Å². The van der Waals surface area contributed by atoms with Crippen molar-refractivity contribution in [3.8, 4) is 6.07 Å². The molecule has 0 saturated heterocycles. The molecule has 90 valence electrons. The molecule has 1 aromatic rings. The third kappa shape index (κ3) is 4.25. The zero-order valence-electron chi connectivity index (χ0n) is 10.1. The molecule has 0 radical (unpaired) electrons. The summed E-state index contributed by atoms with van der Waals surface area (Å²) in [5, 5.41) is 11.5. The Hall–Kier alpha value is -1.86. The summed E-state index contributed by atoms with van der Waals surface area (Å²) in [5.74, 6) is -0.243. The predicted molar refractivity (Wildman–Crippen MR) is 65.5 cm³/mol. The number of benzene rings is 1. The van der Waals surface area contributed by atoms with Crippen LogP contribution in [-0.4, -0.2) is 18.6 Å². The number of hydrogen-bond donors (Lipinski definition) is 1. The largest absolute Gasteiger partial charge is 0.369 e. The molecule has 4 nitrogen and oxygen atoms in total. The van der Waals surface area contributed by atoms with Crippen LogP contribution in [0.4, 0.5) is 5.69 Å². The van der Waals surface area contributed by atoms with Crippen molar-refractivity contribution in [2.45, 2.75) is 26.4 Å². The topological polar surface area (TPSA) is 62.1 Å². The van der Waals surface area contributed by atoms with Crippen molar-refractivity contribution in [1.82, 2.24) is 0 Å². The van der Waals surface area contributed by atoms with Crippen molar-refractivity contribution in [2.24, 2.45) is 0 Å². The Labute approximate surface area is 101 Å². The fourth-order valence-corrected chi connectivity index (χ4v) is 1.21. The van der Waals surface area contributed by atoms with Crippen LogP contribution >= 0.6 is 0 Å². The minimum atomic E-state index is -0.243. The molecule has 0 spiro atoms. The van der Waals surface area contributed by atoms with E-state index in [0.29, 0.717) is 11.3 Å². The molecular weight excluding hydrogens is 216 g/mol. The lowest BCUT2D eigenvalue weighted by Gasteiger charge is -2.11. The number of nitrogens with zero attached hydrogens (tertiary/aromatic N) is 1. The van der Waals surface area contributed by atoms with Crippen LogP contribution in [0.5, 0.6) is 0 Å². The summed E-state index contributed by atoms with van der Waals surface area (Å²) in [7, 11) is 0. The van der Waals surface area contributed by atoms with Crippen LogP contribution in [-0.2, 0) is 9.53 Å². The van der Waals surface area contributed by atoms with E-state index >= 15 is 0 Å². The quantitative estimate of drug-likeness (QED) is 0.847. The maximum absolute atomic E-state index is 11.6. The number of carbonyl (C=O) groups is 1. The van der Waals surface area contributed by atoms with Gasteiger partial charge in [-0.1, -0.05) is 19.1 Å². The van der Waals surface area contributed by atoms with Crippen LogP contribution in [0.1, 0.15) is 25.8 Å². The minimum Gasteiger partial charge on any atom is -0.369 e. The predicted octanol–water partition coefficient (Wildman–Crippen LogP) is 2.31. The van der Waals surface area contributed by atoms with Crippen LogP contribution in [0.3, 0.4) is 0 Å². The monoisotopic (exact) mass is 232 g/mol. The second kappa shape index (κ2) is 6.66. The highest BCUT2D eigenvalue weighted by Crippen LogP contribution is 2.13. The number of para-hydroxylation sites is 1. The Morgan fingerprint density at radius 3 is 2.88 bits per heavy atom. The molecule has 1 rings (SSSR count). The molecule has 0 bridgehead atoms. The minimum absolute atomic E-state index is 0.00870. The Morgan fingerprint density at radius 1 is 1.53 bits per heavy atom. The van der Waals surface area contributed by atoms with Gasteiger partial charge >= 0.3 is 0 Å². The number of nitrogens with one attached hydrogen (secondary N) is 1. The number of ether oxygens (including phenoxy) is 1. The second-order valence-electron chi connectivity index (χ2n) is 3.74. The molecule has 1 unspecified atom stereocenters. The molecular formula is C13H16N2O2. The molecule has 0 fully saturated rings. The first-order valence-electron chi connectivity index (χ1n) is 5.58. The van der Waals surface area contributed by atoms with Crippen LogP contribution in [0.2, 0.25) is 0 Å². The molecule has 17 heavy (non-hydrogen) atoms. The third-order valence-corrected chi connectivity index (χ3v) is 2.40. The number of hydrogen-bond acceptors (Lipinski definition) is 3. The molecule has 0 aliphatic carbocycles. The first-order chi connectivity index (χ1) is 8.17. The van der Waals surface area contributed by atoms with E-state index in [1.165, 1.54) is 0 Å². The van der Waals surface area contributed by atoms with Crippen molar-refractivity contribution in [3.05, 3.63) is 29.8 Å². The summed E-state index contributed by atoms with van der Waals surface area (Å²) in [6.07, 6.45) is 0.925. The van der Waals surface area contributed by atoms with E-state index in [1.807, 2.05) is 19.9 Å². The number of anilines is 1. The lowest BCUT2D eigenvalue weighted by molar-refractivity contribution is -0.122. The van der Waals surface area contributed by atoms with Gasteiger partial charge in [0.2, 0.25) is 5.91 Å². The zero-order chi connectivity index (χ0) is 12.7. The number of carbonyl (C=O) groups excluding carboxylic acids is 1. The standard InChI is InChI=1S/C13H16N2O2/c1-3-10(2)17-9-13(16)15-12-7-5-4-6-11(12)8-14/h4-7,10H,3,9H2,1-2H3,(H,15,16). The highest BCUT2D eigenvalue weighted by molar-refractivity contribution is 5.92. The lowest BCUT2D eigenvalue weighted by Crippen LogP contribution is -2.21. The van der Waals surface area contributed by atoms with E-state index in [9.17, 15) is 4.79 Å². The zero-order valence-corrected chi connectivity index (χ0v) is 10.1. The molecule has 0 saturated carbocycles. The molecule has 0 heterocycles. The van der Waals surface area contributed by atoms with Gasteiger partial charge < -0.3 is 10.1 Å². The van der Waals surface area contributed by atoms with Crippen LogP contribution in [0.25, 0.3) is 0 Å². The van der Waals surface area contributed by atoms with E-state index in [2.05, 4.69) is 5.32 Å². The first kappa shape index (κ1) is 13.2. The van der Waals surface area contributed by atoms with Gasteiger partial charge in [-0.3, -0.25) is 4.79 Å². The molecule has 4 heteroatoms. The third-order valence-electron chi connectivity index (χ3n) is 2.40. The molecule has 1 atom stereocenters. The fraction of sp³-hybridized carbons (Fsp3) is 0.385. The van der Waals surface area contributed by atoms with Crippen molar-refractivity contribution in [3.63, 3.8) is 0 Å². The van der Waals surface area contributed by atoms with Gasteiger partial charge in [0.1, 0.15) is 12.7 Å². The number of rotatable bonds is 5. The van der Waals surface area contributed by atoms with Gasteiger partial charge in [0.25, 0.3) is 0 Å². The van der Waals surface area contributed by atoms with Crippen molar-refractivity contribution in [2.75, 3.05) is 11.9 Å².